The van der Waals surface area contributed by atoms with Crippen LogP contribution in [0, 0.1) is 5.41 Å². The summed E-state index contributed by atoms with van der Waals surface area (Å²) >= 11 is 0. The predicted molar refractivity (Wildman–Crippen MR) is 84.2 cm³/mol. The van der Waals surface area contributed by atoms with Gasteiger partial charge in [-0.2, -0.15) is 0 Å². The van der Waals surface area contributed by atoms with Crippen molar-refractivity contribution in [1.29, 1.82) is 0 Å². The van der Waals surface area contributed by atoms with Gasteiger partial charge in [0.05, 0.1) is 0 Å². The minimum absolute atomic E-state index is 0.341. The highest BCUT2D eigenvalue weighted by Gasteiger charge is 2.10. The molecule has 0 atom stereocenters. The fraction of sp³-hybridized carbons (Fsp3) is 0.647. The molecule has 1 rings (SSSR count). The topological polar surface area (TPSA) is 15.3 Å². The van der Waals surface area contributed by atoms with Gasteiger partial charge in [0.1, 0.15) is 0 Å². The van der Waals surface area contributed by atoms with E-state index in [4.69, 9.17) is 0 Å². The van der Waals surface area contributed by atoms with Crippen molar-refractivity contribution in [2.75, 3.05) is 19.6 Å². The molecule has 0 aliphatic rings. The first kappa shape index (κ1) is 16.2. The van der Waals surface area contributed by atoms with E-state index in [-0.39, 0.29) is 0 Å². The normalized spacial score (nSPS) is 12.1. The van der Waals surface area contributed by atoms with Crippen LogP contribution in [0.2, 0.25) is 0 Å². The van der Waals surface area contributed by atoms with Crippen LogP contribution in [0.4, 0.5) is 0 Å². The van der Waals surface area contributed by atoms with E-state index in [1.165, 1.54) is 11.1 Å². The Morgan fingerprint density at radius 3 is 2.11 bits per heavy atom. The highest BCUT2D eigenvalue weighted by Crippen LogP contribution is 2.14. The molecule has 1 aromatic rings. The standard InChI is InChI=1S/C17H30N2/c1-6-19(7-2)13-16-11-9-8-10-15(16)12-18-14-17(3,4)5/h8-11,18H,6-7,12-14H2,1-5H3. The fourth-order valence-electron chi connectivity index (χ4n) is 2.14. The summed E-state index contributed by atoms with van der Waals surface area (Å²) in [6, 6.07) is 8.78. The maximum absolute atomic E-state index is 3.57. The number of rotatable bonds is 7. The Morgan fingerprint density at radius 1 is 1.00 bits per heavy atom. The van der Waals surface area contributed by atoms with E-state index < -0.39 is 0 Å². The Morgan fingerprint density at radius 2 is 1.58 bits per heavy atom. The van der Waals surface area contributed by atoms with Crippen molar-refractivity contribution in [2.24, 2.45) is 5.41 Å². The van der Waals surface area contributed by atoms with Crippen LogP contribution in [-0.4, -0.2) is 24.5 Å². The van der Waals surface area contributed by atoms with E-state index in [1.54, 1.807) is 0 Å². The molecule has 2 nitrogen and oxygen atoms in total. The smallest absolute Gasteiger partial charge is 0.0236 e. The third-order valence-electron chi connectivity index (χ3n) is 3.38. The number of nitrogens with zero attached hydrogens (tertiary/aromatic N) is 1. The summed E-state index contributed by atoms with van der Waals surface area (Å²) in [5, 5.41) is 3.57. The third-order valence-corrected chi connectivity index (χ3v) is 3.38. The van der Waals surface area contributed by atoms with E-state index in [2.05, 4.69) is 69.1 Å². The SMILES string of the molecule is CCN(CC)Cc1ccccc1CNCC(C)(C)C. The monoisotopic (exact) mass is 262 g/mol. The molecule has 0 aliphatic carbocycles. The number of nitrogens with one attached hydrogen (secondary N) is 1. The van der Waals surface area contributed by atoms with Crippen molar-refractivity contribution < 1.29 is 0 Å². The first-order valence-corrected chi connectivity index (χ1v) is 7.46. The lowest BCUT2D eigenvalue weighted by Crippen LogP contribution is -2.27. The summed E-state index contributed by atoms with van der Waals surface area (Å²) in [6.45, 7) is 16.5. The van der Waals surface area contributed by atoms with Gasteiger partial charge in [-0.3, -0.25) is 4.90 Å². The zero-order valence-electron chi connectivity index (χ0n) is 13.3. The summed E-state index contributed by atoms with van der Waals surface area (Å²) in [5.41, 5.74) is 3.22. The predicted octanol–water partition coefficient (Wildman–Crippen LogP) is 3.66. The Labute approximate surface area is 119 Å². The Bertz CT molecular complexity index is 362. The van der Waals surface area contributed by atoms with Crippen LogP contribution >= 0.6 is 0 Å². The van der Waals surface area contributed by atoms with Crippen molar-refractivity contribution in [3.8, 4) is 0 Å². The van der Waals surface area contributed by atoms with Crippen LogP contribution in [0.3, 0.4) is 0 Å². The molecule has 0 heterocycles. The van der Waals surface area contributed by atoms with Crippen LogP contribution < -0.4 is 5.32 Å². The number of hydrogen-bond donors (Lipinski definition) is 1. The van der Waals surface area contributed by atoms with Crippen molar-refractivity contribution in [1.82, 2.24) is 10.2 Å². The maximum Gasteiger partial charge on any atom is 0.0236 e. The molecular weight excluding hydrogens is 232 g/mol. The minimum atomic E-state index is 0.341. The molecule has 19 heavy (non-hydrogen) atoms. The van der Waals surface area contributed by atoms with Crippen molar-refractivity contribution in [3.05, 3.63) is 35.4 Å². The molecule has 0 aliphatic heterocycles. The lowest BCUT2D eigenvalue weighted by molar-refractivity contribution is 0.294. The van der Waals surface area contributed by atoms with Gasteiger partial charge in [0, 0.05) is 19.6 Å². The molecule has 0 fully saturated rings. The molecule has 0 saturated heterocycles. The molecule has 2 heteroatoms. The Hall–Kier alpha value is -0.860. The van der Waals surface area contributed by atoms with Crippen molar-refractivity contribution in [3.63, 3.8) is 0 Å². The molecule has 108 valence electrons. The molecular formula is C17H30N2. The van der Waals surface area contributed by atoms with Gasteiger partial charge < -0.3 is 5.32 Å². The average Bonchev–Trinajstić information content (AvgIpc) is 2.36. The van der Waals surface area contributed by atoms with Crippen LogP contribution in [-0.2, 0) is 13.1 Å². The summed E-state index contributed by atoms with van der Waals surface area (Å²) in [5.74, 6) is 0. The van der Waals surface area contributed by atoms with Gasteiger partial charge >= 0.3 is 0 Å². The largest absolute Gasteiger partial charge is 0.312 e. The number of benzene rings is 1. The Kier molecular flexibility index (Phi) is 6.53. The Balaban J connectivity index is 2.62. The molecule has 1 N–H and O–H groups in total. The number of hydrogen-bond acceptors (Lipinski definition) is 2. The van der Waals surface area contributed by atoms with Gasteiger partial charge in [-0.05, 0) is 29.6 Å². The summed E-state index contributed by atoms with van der Waals surface area (Å²) < 4.78 is 0. The second-order valence-electron chi connectivity index (χ2n) is 6.39. The summed E-state index contributed by atoms with van der Waals surface area (Å²) in [4.78, 5) is 2.46. The lowest BCUT2D eigenvalue weighted by atomic mass is 9.97. The first-order chi connectivity index (χ1) is 8.96. The molecule has 0 spiro atoms. The molecule has 0 unspecified atom stereocenters. The molecule has 0 amide bonds. The van der Waals surface area contributed by atoms with E-state index in [0.29, 0.717) is 5.41 Å². The highest BCUT2D eigenvalue weighted by atomic mass is 15.1. The second-order valence-corrected chi connectivity index (χ2v) is 6.39. The average molecular weight is 262 g/mol. The van der Waals surface area contributed by atoms with Crippen LogP contribution in [0.1, 0.15) is 45.7 Å². The van der Waals surface area contributed by atoms with Crippen LogP contribution in [0.25, 0.3) is 0 Å². The fourth-order valence-corrected chi connectivity index (χ4v) is 2.14. The molecule has 0 bridgehead atoms. The van der Waals surface area contributed by atoms with Crippen LogP contribution in [0.15, 0.2) is 24.3 Å². The highest BCUT2D eigenvalue weighted by molar-refractivity contribution is 5.27. The van der Waals surface area contributed by atoms with E-state index in [1.807, 2.05) is 0 Å². The second kappa shape index (κ2) is 7.66. The van der Waals surface area contributed by atoms with Gasteiger partial charge in [-0.1, -0.05) is 58.9 Å². The molecule has 0 radical (unpaired) electrons. The van der Waals surface area contributed by atoms with Crippen molar-refractivity contribution >= 4 is 0 Å². The third kappa shape index (κ3) is 6.22. The summed E-state index contributed by atoms with van der Waals surface area (Å²) in [7, 11) is 0. The minimum Gasteiger partial charge on any atom is -0.312 e. The van der Waals surface area contributed by atoms with E-state index >= 15 is 0 Å². The zero-order valence-corrected chi connectivity index (χ0v) is 13.3. The lowest BCUT2D eigenvalue weighted by Gasteiger charge is -2.22. The first-order valence-electron chi connectivity index (χ1n) is 7.46. The van der Waals surface area contributed by atoms with E-state index in [0.717, 1.165) is 32.7 Å². The zero-order chi connectivity index (χ0) is 14.3. The van der Waals surface area contributed by atoms with Crippen LogP contribution in [0.5, 0.6) is 0 Å². The van der Waals surface area contributed by atoms with Gasteiger partial charge in [0.15, 0.2) is 0 Å². The van der Waals surface area contributed by atoms with E-state index in [9.17, 15) is 0 Å². The van der Waals surface area contributed by atoms with Gasteiger partial charge in [0.2, 0.25) is 0 Å². The van der Waals surface area contributed by atoms with Gasteiger partial charge in [-0.25, -0.2) is 0 Å². The molecule has 0 saturated carbocycles. The summed E-state index contributed by atoms with van der Waals surface area (Å²) in [6.07, 6.45) is 0. The van der Waals surface area contributed by atoms with Gasteiger partial charge in [0.25, 0.3) is 0 Å². The molecule has 0 aromatic heterocycles. The maximum atomic E-state index is 3.57. The quantitative estimate of drug-likeness (QED) is 0.806. The van der Waals surface area contributed by atoms with Crippen molar-refractivity contribution in [2.45, 2.75) is 47.7 Å². The van der Waals surface area contributed by atoms with Gasteiger partial charge in [-0.15, -0.1) is 0 Å². The molecule has 1 aromatic carbocycles.